The molecule has 1 heterocycles. The molecule has 0 amide bonds. The zero-order chi connectivity index (χ0) is 28.7. The maximum absolute atomic E-state index is 6.22. The van der Waals surface area contributed by atoms with Gasteiger partial charge in [0, 0.05) is 26.2 Å². The molecule has 1 aliphatic heterocycles. The third-order valence-corrected chi connectivity index (χ3v) is 7.37. The smallest absolute Gasteiger partial charge is 0.109 e. The summed E-state index contributed by atoms with van der Waals surface area (Å²) in [4.78, 5) is 4.80. The van der Waals surface area contributed by atoms with E-state index in [1.54, 1.807) is 0 Å². The Morgan fingerprint density at radius 2 is 0.714 bits per heavy atom. The Labute approximate surface area is 250 Å². The highest BCUT2D eigenvalue weighted by atomic mass is 16.5. The lowest BCUT2D eigenvalue weighted by atomic mass is 10.0. The van der Waals surface area contributed by atoms with E-state index in [0.29, 0.717) is 13.2 Å². The van der Waals surface area contributed by atoms with Crippen LogP contribution in [0.5, 0.6) is 0 Å². The van der Waals surface area contributed by atoms with E-state index in [2.05, 4.69) is 82.0 Å². The summed E-state index contributed by atoms with van der Waals surface area (Å²) in [6, 6.07) is 41.3. The number of rotatable bonds is 10. The van der Waals surface area contributed by atoms with E-state index in [4.69, 9.17) is 9.47 Å². The van der Waals surface area contributed by atoms with E-state index in [0.717, 1.165) is 61.5 Å². The summed E-state index contributed by atoms with van der Waals surface area (Å²) in [5.74, 6) is 13.1. The molecule has 0 aliphatic carbocycles. The van der Waals surface area contributed by atoms with E-state index in [-0.39, 0.29) is 12.2 Å². The summed E-state index contributed by atoms with van der Waals surface area (Å²) in [5, 5.41) is 0. The van der Waals surface area contributed by atoms with Crippen LogP contribution in [0.3, 0.4) is 0 Å². The Morgan fingerprint density at radius 1 is 0.429 bits per heavy atom. The van der Waals surface area contributed by atoms with Crippen molar-refractivity contribution in [3.63, 3.8) is 0 Å². The van der Waals surface area contributed by atoms with Gasteiger partial charge in [0.1, 0.15) is 25.4 Å². The highest BCUT2D eigenvalue weighted by Crippen LogP contribution is 2.26. The van der Waals surface area contributed by atoms with Crippen molar-refractivity contribution in [2.75, 3.05) is 52.5 Å². The molecule has 212 valence electrons. The Morgan fingerprint density at radius 3 is 1.00 bits per heavy atom. The summed E-state index contributed by atoms with van der Waals surface area (Å²) in [6.45, 7) is 6.31. The molecule has 4 aromatic rings. The van der Waals surface area contributed by atoms with Gasteiger partial charge in [0.05, 0.1) is 13.1 Å². The first-order valence-electron chi connectivity index (χ1n) is 14.7. The molecule has 0 radical (unpaired) electrons. The largest absolute Gasteiger partial charge is 0.356 e. The Hall–Kier alpha value is -4.16. The number of hydrogen-bond acceptors (Lipinski definition) is 4. The molecule has 1 fully saturated rings. The van der Waals surface area contributed by atoms with Gasteiger partial charge >= 0.3 is 0 Å². The highest BCUT2D eigenvalue weighted by molar-refractivity contribution is 5.31. The molecule has 1 saturated heterocycles. The minimum absolute atomic E-state index is 0.112. The van der Waals surface area contributed by atoms with Crippen molar-refractivity contribution in [2.45, 2.75) is 12.2 Å². The second-order valence-corrected chi connectivity index (χ2v) is 10.3. The van der Waals surface area contributed by atoms with Gasteiger partial charge in [-0.2, -0.15) is 0 Å². The first-order valence-corrected chi connectivity index (χ1v) is 14.7. The van der Waals surface area contributed by atoms with E-state index in [1.807, 2.05) is 72.8 Å². The monoisotopic (exact) mass is 554 g/mol. The lowest BCUT2D eigenvalue weighted by Gasteiger charge is -2.32. The minimum Gasteiger partial charge on any atom is -0.356 e. The first-order chi connectivity index (χ1) is 20.9. The van der Waals surface area contributed by atoms with Crippen LogP contribution in [-0.2, 0) is 9.47 Å². The third-order valence-electron chi connectivity index (χ3n) is 7.37. The normalized spacial score (nSPS) is 13.8. The molecule has 0 saturated carbocycles. The van der Waals surface area contributed by atoms with Crippen LogP contribution in [0, 0.1) is 23.7 Å². The fraction of sp³-hybridized carbons (Fsp3) is 0.263. The molecular formula is C38H38N2O2. The van der Waals surface area contributed by atoms with Crippen LogP contribution in [0.25, 0.3) is 0 Å². The quantitative estimate of drug-likeness (QED) is 0.217. The average Bonchev–Trinajstić information content (AvgIpc) is 3.06. The van der Waals surface area contributed by atoms with Gasteiger partial charge < -0.3 is 9.47 Å². The van der Waals surface area contributed by atoms with Crippen LogP contribution in [0.1, 0.15) is 34.5 Å². The van der Waals surface area contributed by atoms with Crippen molar-refractivity contribution in [2.24, 2.45) is 0 Å². The Balaban J connectivity index is 1.02. The molecule has 4 heteroatoms. The van der Waals surface area contributed by atoms with E-state index < -0.39 is 0 Å². The molecule has 0 bridgehead atoms. The van der Waals surface area contributed by atoms with Gasteiger partial charge in [0.25, 0.3) is 0 Å². The van der Waals surface area contributed by atoms with E-state index in [1.165, 1.54) is 0 Å². The third kappa shape index (κ3) is 8.92. The van der Waals surface area contributed by atoms with Crippen molar-refractivity contribution in [1.29, 1.82) is 0 Å². The van der Waals surface area contributed by atoms with Crippen LogP contribution >= 0.6 is 0 Å². The molecule has 4 nitrogen and oxygen atoms in total. The predicted octanol–water partition coefficient (Wildman–Crippen LogP) is 6.22. The highest BCUT2D eigenvalue weighted by Gasteiger charge is 2.16. The predicted molar refractivity (Wildman–Crippen MR) is 170 cm³/mol. The van der Waals surface area contributed by atoms with Crippen molar-refractivity contribution in [1.82, 2.24) is 9.80 Å². The van der Waals surface area contributed by atoms with Crippen molar-refractivity contribution in [3.05, 3.63) is 144 Å². The summed E-state index contributed by atoms with van der Waals surface area (Å²) < 4.78 is 12.4. The fourth-order valence-electron chi connectivity index (χ4n) is 5.07. The molecule has 1 aliphatic rings. The number of hydrogen-bond donors (Lipinski definition) is 0. The van der Waals surface area contributed by atoms with E-state index >= 15 is 0 Å². The SMILES string of the molecule is C(#CCN1CCN(CC#CCOC(c2ccccc2)c2ccccc2)CC1)COC(c1ccccc1)c1ccccc1. The van der Waals surface area contributed by atoms with Crippen LogP contribution in [0.4, 0.5) is 0 Å². The summed E-state index contributed by atoms with van der Waals surface area (Å²) in [6.07, 6.45) is -0.223. The van der Waals surface area contributed by atoms with Gasteiger partial charge in [-0.05, 0) is 22.3 Å². The first kappa shape index (κ1) is 29.3. The van der Waals surface area contributed by atoms with E-state index in [9.17, 15) is 0 Å². The molecular weight excluding hydrogens is 516 g/mol. The second-order valence-electron chi connectivity index (χ2n) is 10.3. The molecule has 5 rings (SSSR count). The molecule has 42 heavy (non-hydrogen) atoms. The summed E-state index contributed by atoms with van der Waals surface area (Å²) >= 11 is 0. The lowest BCUT2D eigenvalue weighted by molar-refractivity contribution is 0.108. The Kier molecular flexibility index (Phi) is 11.4. The van der Waals surface area contributed by atoms with Gasteiger partial charge in [-0.25, -0.2) is 0 Å². The maximum atomic E-state index is 6.22. The minimum atomic E-state index is -0.112. The van der Waals surface area contributed by atoms with Crippen molar-refractivity contribution < 1.29 is 9.47 Å². The maximum Gasteiger partial charge on any atom is 0.109 e. The number of benzene rings is 4. The standard InChI is InChI=1S/C38H38N2O2/c1-5-17-33(18-6-1)37(34-19-7-2-8-20-34)41-31-15-13-25-39-27-29-40(30-28-39)26-14-16-32-42-38(35-21-9-3-10-22-35)36-23-11-4-12-24-36/h1-12,17-24,37-38H,25-32H2. The molecule has 0 spiro atoms. The fourth-order valence-corrected chi connectivity index (χ4v) is 5.07. The van der Waals surface area contributed by atoms with Crippen LogP contribution in [-0.4, -0.2) is 62.3 Å². The van der Waals surface area contributed by atoms with Gasteiger partial charge in [-0.15, -0.1) is 0 Å². The zero-order valence-corrected chi connectivity index (χ0v) is 24.1. The van der Waals surface area contributed by atoms with Gasteiger partial charge in [-0.1, -0.05) is 145 Å². The van der Waals surface area contributed by atoms with Gasteiger partial charge in [0.15, 0.2) is 0 Å². The van der Waals surface area contributed by atoms with Crippen LogP contribution < -0.4 is 0 Å². The average molecular weight is 555 g/mol. The van der Waals surface area contributed by atoms with Crippen molar-refractivity contribution in [3.8, 4) is 23.7 Å². The zero-order valence-electron chi connectivity index (χ0n) is 24.1. The Bertz CT molecular complexity index is 1250. The number of nitrogens with zero attached hydrogens (tertiary/aromatic N) is 2. The molecule has 0 unspecified atom stereocenters. The van der Waals surface area contributed by atoms with Crippen molar-refractivity contribution >= 4 is 0 Å². The second kappa shape index (κ2) is 16.3. The number of ether oxygens (including phenoxy) is 2. The molecule has 0 N–H and O–H groups in total. The van der Waals surface area contributed by atoms with Gasteiger partial charge in [-0.3, -0.25) is 9.80 Å². The van der Waals surface area contributed by atoms with Gasteiger partial charge in [0.2, 0.25) is 0 Å². The summed E-state index contributed by atoms with van der Waals surface area (Å²) in [7, 11) is 0. The van der Waals surface area contributed by atoms with Crippen LogP contribution in [0.2, 0.25) is 0 Å². The van der Waals surface area contributed by atoms with Crippen LogP contribution in [0.15, 0.2) is 121 Å². The molecule has 0 aromatic heterocycles. The summed E-state index contributed by atoms with van der Waals surface area (Å²) in [5.41, 5.74) is 4.57. The molecule has 4 aromatic carbocycles. The lowest BCUT2D eigenvalue weighted by Crippen LogP contribution is -2.46. The molecule has 0 atom stereocenters. The topological polar surface area (TPSA) is 24.9 Å². The number of piperazine rings is 1.